The lowest BCUT2D eigenvalue weighted by atomic mass is 10.1. The summed E-state index contributed by atoms with van der Waals surface area (Å²) in [6, 6.07) is 9.45. The molecule has 0 bridgehead atoms. The number of benzene rings is 2. The Bertz CT molecular complexity index is 1050. The Morgan fingerprint density at radius 1 is 1.24 bits per heavy atom. The number of nitro groups is 1. The molecule has 1 aliphatic rings. The third-order valence-electron chi connectivity index (χ3n) is 4.37. The molecule has 154 valence electrons. The monoisotopic (exact) mass is 422 g/mol. The maximum Gasteiger partial charge on any atom is 0.270 e. The molecule has 0 atom stereocenters. The number of sulfonamides is 1. The van der Waals surface area contributed by atoms with E-state index in [1.807, 2.05) is 0 Å². The molecular formula is C18H19FN4O5S. The molecule has 9 nitrogen and oxygen atoms in total. The minimum Gasteiger partial charge on any atom is -0.379 e. The second-order valence-electron chi connectivity index (χ2n) is 6.24. The standard InChI is InChI=1S/C18H19FN4O5S/c1-13(15-4-2-3-5-16(15)19)20-21-17-7-6-14(23(24)25)12-18(17)29(26,27)22-8-10-28-11-9-22/h2-7,12,21H,8-11H2,1H3. The van der Waals surface area contributed by atoms with E-state index < -0.39 is 20.8 Å². The van der Waals surface area contributed by atoms with Gasteiger partial charge in [0.1, 0.15) is 10.7 Å². The van der Waals surface area contributed by atoms with Gasteiger partial charge in [0.15, 0.2) is 0 Å². The number of anilines is 1. The predicted molar refractivity (Wildman–Crippen MR) is 105 cm³/mol. The van der Waals surface area contributed by atoms with Gasteiger partial charge in [0.05, 0.1) is 29.5 Å². The fourth-order valence-corrected chi connectivity index (χ4v) is 4.38. The molecule has 1 aliphatic heterocycles. The first kappa shape index (κ1) is 20.8. The van der Waals surface area contributed by atoms with Crippen molar-refractivity contribution in [1.29, 1.82) is 0 Å². The zero-order valence-corrected chi connectivity index (χ0v) is 16.4. The van der Waals surface area contributed by atoms with Gasteiger partial charge in [-0.3, -0.25) is 15.5 Å². The van der Waals surface area contributed by atoms with Gasteiger partial charge in [-0.15, -0.1) is 0 Å². The first-order chi connectivity index (χ1) is 13.8. The van der Waals surface area contributed by atoms with Crippen LogP contribution in [0, 0.1) is 15.9 Å². The van der Waals surface area contributed by atoms with Gasteiger partial charge in [0, 0.05) is 30.8 Å². The van der Waals surface area contributed by atoms with E-state index in [1.54, 1.807) is 19.1 Å². The minimum absolute atomic E-state index is 0.0535. The van der Waals surface area contributed by atoms with Gasteiger partial charge in [-0.05, 0) is 19.1 Å². The third-order valence-corrected chi connectivity index (χ3v) is 6.31. The Balaban J connectivity index is 1.99. The molecule has 0 radical (unpaired) electrons. The highest BCUT2D eigenvalue weighted by atomic mass is 32.2. The van der Waals surface area contributed by atoms with Crippen LogP contribution in [-0.4, -0.2) is 49.7 Å². The number of nitro benzene ring substituents is 1. The SMILES string of the molecule is CC(=NNc1ccc([N+](=O)[O-])cc1S(=O)(=O)N1CCOCC1)c1ccccc1F. The first-order valence-electron chi connectivity index (χ1n) is 8.72. The van der Waals surface area contributed by atoms with Crippen molar-refractivity contribution >= 4 is 27.1 Å². The number of hydrogen-bond acceptors (Lipinski definition) is 7. The van der Waals surface area contributed by atoms with Crippen molar-refractivity contribution < 1.29 is 22.5 Å². The van der Waals surface area contributed by atoms with Crippen molar-refractivity contribution in [1.82, 2.24) is 4.31 Å². The molecule has 0 aromatic heterocycles. The lowest BCUT2D eigenvalue weighted by Crippen LogP contribution is -2.40. The van der Waals surface area contributed by atoms with Crippen LogP contribution in [0.15, 0.2) is 52.5 Å². The van der Waals surface area contributed by atoms with Crippen LogP contribution in [0.25, 0.3) is 0 Å². The molecule has 0 saturated carbocycles. The third kappa shape index (κ3) is 4.58. The Morgan fingerprint density at radius 3 is 2.59 bits per heavy atom. The Hall–Kier alpha value is -2.89. The molecule has 0 spiro atoms. The zero-order valence-electron chi connectivity index (χ0n) is 15.5. The number of halogens is 1. The first-order valence-corrected chi connectivity index (χ1v) is 10.2. The van der Waals surface area contributed by atoms with Crippen LogP contribution in [0.5, 0.6) is 0 Å². The Kier molecular flexibility index (Phi) is 6.20. The molecule has 0 unspecified atom stereocenters. The van der Waals surface area contributed by atoms with Gasteiger partial charge in [-0.25, -0.2) is 12.8 Å². The summed E-state index contributed by atoms with van der Waals surface area (Å²) < 4.78 is 46.4. The van der Waals surface area contributed by atoms with Crippen molar-refractivity contribution in [2.24, 2.45) is 5.10 Å². The number of nitrogens with one attached hydrogen (secondary N) is 1. The van der Waals surface area contributed by atoms with Crippen molar-refractivity contribution in [3.63, 3.8) is 0 Å². The number of morpholine rings is 1. The van der Waals surface area contributed by atoms with Crippen LogP contribution in [0.1, 0.15) is 12.5 Å². The van der Waals surface area contributed by atoms with E-state index in [9.17, 15) is 22.9 Å². The van der Waals surface area contributed by atoms with Crippen LogP contribution in [0.3, 0.4) is 0 Å². The highest BCUT2D eigenvalue weighted by molar-refractivity contribution is 7.89. The van der Waals surface area contributed by atoms with Crippen LogP contribution < -0.4 is 5.43 Å². The topological polar surface area (TPSA) is 114 Å². The summed E-state index contributed by atoms with van der Waals surface area (Å²) in [4.78, 5) is 10.2. The van der Waals surface area contributed by atoms with Gasteiger partial charge < -0.3 is 4.74 Å². The summed E-state index contributed by atoms with van der Waals surface area (Å²) in [7, 11) is -4.03. The molecule has 3 rings (SSSR count). The van der Waals surface area contributed by atoms with E-state index in [2.05, 4.69) is 10.5 Å². The molecule has 1 fully saturated rings. The molecule has 1 heterocycles. The Morgan fingerprint density at radius 2 is 1.93 bits per heavy atom. The summed E-state index contributed by atoms with van der Waals surface area (Å²) in [5, 5.41) is 15.2. The minimum atomic E-state index is -4.03. The smallest absolute Gasteiger partial charge is 0.270 e. The molecule has 2 aromatic carbocycles. The largest absolute Gasteiger partial charge is 0.379 e. The summed E-state index contributed by atoms with van der Waals surface area (Å²) in [5.74, 6) is -0.472. The summed E-state index contributed by atoms with van der Waals surface area (Å²) in [5.41, 5.74) is 2.84. The molecule has 1 N–H and O–H groups in total. The van der Waals surface area contributed by atoms with E-state index in [1.165, 1.54) is 28.6 Å². The summed E-state index contributed by atoms with van der Waals surface area (Å²) >= 11 is 0. The van der Waals surface area contributed by atoms with Gasteiger partial charge >= 0.3 is 0 Å². The molecule has 11 heteroatoms. The van der Waals surface area contributed by atoms with E-state index in [4.69, 9.17) is 4.74 Å². The van der Waals surface area contributed by atoms with Crippen LogP contribution in [0.4, 0.5) is 15.8 Å². The lowest BCUT2D eigenvalue weighted by Gasteiger charge is -2.26. The molecule has 1 saturated heterocycles. The molecular weight excluding hydrogens is 403 g/mol. The molecule has 2 aromatic rings. The maximum absolute atomic E-state index is 13.9. The molecule has 29 heavy (non-hydrogen) atoms. The van der Waals surface area contributed by atoms with Crippen molar-refractivity contribution in [2.75, 3.05) is 31.7 Å². The number of nitrogens with zero attached hydrogens (tertiary/aromatic N) is 3. The zero-order chi connectivity index (χ0) is 21.0. The van der Waals surface area contributed by atoms with Crippen LogP contribution in [-0.2, 0) is 14.8 Å². The van der Waals surface area contributed by atoms with E-state index >= 15 is 0 Å². The fourth-order valence-electron chi connectivity index (χ4n) is 2.82. The maximum atomic E-state index is 13.9. The second-order valence-corrected chi connectivity index (χ2v) is 8.15. The summed E-state index contributed by atoms with van der Waals surface area (Å²) in [6.45, 7) is 2.32. The van der Waals surface area contributed by atoms with E-state index in [0.717, 1.165) is 6.07 Å². The molecule has 0 amide bonds. The number of non-ortho nitro benzene ring substituents is 1. The van der Waals surface area contributed by atoms with E-state index in [0.29, 0.717) is 0 Å². The van der Waals surface area contributed by atoms with Gasteiger partial charge in [0.25, 0.3) is 5.69 Å². The van der Waals surface area contributed by atoms with Crippen molar-refractivity contribution in [3.05, 3.63) is 64.0 Å². The summed E-state index contributed by atoms with van der Waals surface area (Å²) in [6.07, 6.45) is 0. The number of rotatable bonds is 6. The van der Waals surface area contributed by atoms with Crippen molar-refractivity contribution in [3.8, 4) is 0 Å². The van der Waals surface area contributed by atoms with Gasteiger partial charge in [-0.2, -0.15) is 9.41 Å². The Labute approximate surface area is 167 Å². The predicted octanol–water partition coefficient (Wildman–Crippen LogP) is 2.59. The van der Waals surface area contributed by atoms with Crippen LogP contribution in [0.2, 0.25) is 0 Å². The lowest BCUT2D eigenvalue weighted by molar-refractivity contribution is -0.385. The quantitative estimate of drug-likeness (QED) is 0.435. The fraction of sp³-hybridized carbons (Fsp3) is 0.278. The highest BCUT2D eigenvalue weighted by Gasteiger charge is 2.30. The normalized spacial score (nSPS) is 15.9. The second kappa shape index (κ2) is 8.64. The number of ether oxygens (including phenoxy) is 1. The van der Waals surface area contributed by atoms with Crippen LogP contribution >= 0.6 is 0 Å². The average Bonchev–Trinajstić information content (AvgIpc) is 2.72. The molecule has 0 aliphatic carbocycles. The van der Waals surface area contributed by atoms with E-state index in [-0.39, 0.29) is 53.8 Å². The number of hydrazone groups is 1. The van der Waals surface area contributed by atoms with Gasteiger partial charge in [-0.1, -0.05) is 18.2 Å². The number of hydrogen-bond donors (Lipinski definition) is 1. The van der Waals surface area contributed by atoms with Crippen molar-refractivity contribution in [2.45, 2.75) is 11.8 Å². The van der Waals surface area contributed by atoms with Gasteiger partial charge in [0.2, 0.25) is 10.0 Å². The average molecular weight is 422 g/mol. The highest BCUT2D eigenvalue weighted by Crippen LogP contribution is 2.29.